The van der Waals surface area contributed by atoms with E-state index < -0.39 is 22.0 Å². The van der Waals surface area contributed by atoms with E-state index in [1.807, 2.05) is 0 Å². The van der Waals surface area contributed by atoms with Crippen molar-refractivity contribution in [3.05, 3.63) is 35.4 Å². The molecule has 0 radical (unpaired) electrons. The maximum atomic E-state index is 11.7. The van der Waals surface area contributed by atoms with Gasteiger partial charge in [-0.3, -0.25) is 9.00 Å². The summed E-state index contributed by atoms with van der Waals surface area (Å²) in [6.45, 7) is 3.04. The van der Waals surface area contributed by atoms with Crippen molar-refractivity contribution < 1.29 is 18.9 Å². The van der Waals surface area contributed by atoms with Gasteiger partial charge in [-0.05, 0) is 31.5 Å². The number of carbonyl (C=O) groups excluding carboxylic acids is 1. The third-order valence-corrected chi connectivity index (χ3v) is 4.22. The smallest absolute Gasteiger partial charge is 0.335 e. The average Bonchev–Trinajstić information content (AvgIpc) is 2.28. The van der Waals surface area contributed by atoms with E-state index >= 15 is 0 Å². The molecule has 0 spiro atoms. The lowest BCUT2D eigenvalue weighted by Gasteiger charge is -2.07. The SMILES string of the molecule is CC(=O)C(C)S(=O)Cc1ccc(C(=O)O)cc1. The summed E-state index contributed by atoms with van der Waals surface area (Å²) in [5.74, 6) is -0.832. The Bertz CT molecular complexity index is 450. The van der Waals surface area contributed by atoms with Crippen molar-refractivity contribution >= 4 is 22.6 Å². The van der Waals surface area contributed by atoms with Crippen LogP contribution in [-0.4, -0.2) is 26.3 Å². The second kappa shape index (κ2) is 5.72. The van der Waals surface area contributed by atoms with Gasteiger partial charge in [-0.15, -0.1) is 0 Å². The molecule has 0 saturated carbocycles. The Morgan fingerprint density at radius 3 is 2.24 bits per heavy atom. The fraction of sp³-hybridized carbons (Fsp3) is 0.333. The van der Waals surface area contributed by atoms with E-state index in [0.29, 0.717) is 0 Å². The van der Waals surface area contributed by atoms with Crippen LogP contribution in [0.4, 0.5) is 0 Å². The molecule has 0 fully saturated rings. The minimum atomic E-state index is -1.26. The van der Waals surface area contributed by atoms with Crippen molar-refractivity contribution in [1.82, 2.24) is 0 Å². The number of carbonyl (C=O) groups is 2. The Hall–Kier alpha value is -1.49. The molecule has 0 bridgehead atoms. The lowest BCUT2D eigenvalue weighted by atomic mass is 10.1. The molecule has 2 atom stereocenters. The summed E-state index contributed by atoms with van der Waals surface area (Å²) in [5.41, 5.74) is 0.959. The van der Waals surface area contributed by atoms with Crippen molar-refractivity contribution in [1.29, 1.82) is 0 Å². The quantitative estimate of drug-likeness (QED) is 0.866. The number of hydrogen-bond acceptors (Lipinski definition) is 3. The third kappa shape index (κ3) is 3.78. The lowest BCUT2D eigenvalue weighted by Crippen LogP contribution is -2.20. The molecular formula is C12H14O4S. The summed E-state index contributed by atoms with van der Waals surface area (Å²) in [5, 5.41) is 8.22. The highest BCUT2D eigenvalue weighted by Crippen LogP contribution is 2.10. The standard InChI is InChI=1S/C12H14O4S/c1-8(13)9(2)17(16)7-10-3-5-11(6-4-10)12(14)15/h3-6,9H,7H2,1-2H3,(H,14,15). The van der Waals surface area contributed by atoms with Crippen LogP contribution in [0.5, 0.6) is 0 Å². The fourth-order valence-corrected chi connectivity index (χ4v) is 2.36. The van der Waals surface area contributed by atoms with Gasteiger partial charge in [0.2, 0.25) is 0 Å². The van der Waals surface area contributed by atoms with Crippen LogP contribution in [0.1, 0.15) is 29.8 Å². The molecular weight excluding hydrogens is 240 g/mol. The van der Waals surface area contributed by atoms with Crippen molar-refractivity contribution in [2.75, 3.05) is 0 Å². The van der Waals surface area contributed by atoms with Gasteiger partial charge in [-0.25, -0.2) is 4.79 Å². The van der Waals surface area contributed by atoms with Crippen LogP contribution in [0, 0.1) is 0 Å². The largest absolute Gasteiger partial charge is 0.478 e. The molecule has 4 nitrogen and oxygen atoms in total. The molecule has 0 aliphatic heterocycles. The van der Waals surface area contributed by atoms with E-state index in [0.717, 1.165) is 5.56 Å². The maximum Gasteiger partial charge on any atom is 0.335 e. The Balaban J connectivity index is 2.73. The molecule has 0 aliphatic carbocycles. The van der Waals surface area contributed by atoms with Crippen molar-refractivity contribution in [3.63, 3.8) is 0 Å². The Labute approximate surface area is 102 Å². The fourth-order valence-electron chi connectivity index (χ4n) is 1.22. The first-order valence-electron chi connectivity index (χ1n) is 5.11. The number of carboxylic acid groups (broad SMARTS) is 1. The number of hydrogen-bond donors (Lipinski definition) is 1. The number of benzene rings is 1. The van der Waals surface area contributed by atoms with Gasteiger partial charge in [-0.2, -0.15) is 0 Å². The van der Waals surface area contributed by atoms with Gasteiger partial charge in [0.1, 0.15) is 5.78 Å². The number of rotatable bonds is 5. The summed E-state index contributed by atoms with van der Waals surface area (Å²) in [6.07, 6.45) is 0. The number of aromatic carboxylic acids is 1. The summed E-state index contributed by atoms with van der Waals surface area (Å²) in [6, 6.07) is 6.17. The molecule has 92 valence electrons. The van der Waals surface area contributed by atoms with E-state index in [4.69, 9.17) is 5.11 Å². The third-order valence-electron chi connectivity index (χ3n) is 2.48. The van der Waals surface area contributed by atoms with Crippen molar-refractivity contribution in [3.8, 4) is 0 Å². The first-order chi connectivity index (χ1) is 7.91. The van der Waals surface area contributed by atoms with Gasteiger partial charge >= 0.3 is 5.97 Å². The predicted octanol–water partition coefficient (Wildman–Crippen LogP) is 1.61. The van der Waals surface area contributed by atoms with Crippen LogP contribution in [0.25, 0.3) is 0 Å². The highest BCUT2D eigenvalue weighted by atomic mass is 32.2. The summed E-state index contributed by atoms with van der Waals surface area (Å²) in [4.78, 5) is 21.7. The van der Waals surface area contributed by atoms with Gasteiger partial charge < -0.3 is 5.11 Å². The van der Waals surface area contributed by atoms with E-state index in [9.17, 15) is 13.8 Å². The van der Waals surface area contributed by atoms with Crippen molar-refractivity contribution in [2.45, 2.75) is 24.9 Å². The molecule has 1 aromatic rings. The van der Waals surface area contributed by atoms with Gasteiger partial charge in [0.15, 0.2) is 0 Å². The molecule has 0 saturated heterocycles. The highest BCUT2D eigenvalue weighted by molar-refractivity contribution is 7.85. The first-order valence-corrected chi connectivity index (χ1v) is 6.50. The van der Waals surface area contributed by atoms with Gasteiger partial charge in [0.05, 0.1) is 10.8 Å². The molecule has 2 unspecified atom stereocenters. The minimum absolute atomic E-state index is 0.106. The molecule has 0 aliphatic rings. The molecule has 0 amide bonds. The monoisotopic (exact) mass is 254 g/mol. The number of Topliss-reactive ketones (excluding diaryl/α,β-unsaturated/α-hetero) is 1. The van der Waals surface area contributed by atoms with Gasteiger partial charge in [-0.1, -0.05) is 12.1 Å². The van der Waals surface area contributed by atoms with E-state index in [-0.39, 0.29) is 17.1 Å². The average molecular weight is 254 g/mol. The summed E-state index contributed by atoms with van der Waals surface area (Å²) < 4.78 is 11.7. The Morgan fingerprint density at radius 2 is 1.82 bits per heavy atom. The molecule has 1 N–H and O–H groups in total. The molecule has 0 heterocycles. The Kier molecular flexibility index (Phi) is 4.57. The van der Waals surface area contributed by atoms with Crippen LogP contribution in [0.3, 0.4) is 0 Å². The van der Waals surface area contributed by atoms with Crippen LogP contribution in [0.15, 0.2) is 24.3 Å². The number of carboxylic acids is 1. The van der Waals surface area contributed by atoms with Gasteiger partial charge in [0, 0.05) is 16.6 Å². The van der Waals surface area contributed by atoms with Crippen LogP contribution in [0.2, 0.25) is 0 Å². The predicted molar refractivity (Wildman–Crippen MR) is 65.4 cm³/mol. The summed E-state index contributed by atoms with van der Waals surface area (Å²) >= 11 is 0. The van der Waals surface area contributed by atoms with Gasteiger partial charge in [0.25, 0.3) is 0 Å². The van der Waals surface area contributed by atoms with E-state index in [1.165, 1.54) is 19.1 Å². The normalized spacial score (nSPS) is 14.0. The van der Waals surface area contributed by atoms with Crippen LogP contribution >= 0.6 is 0 Å². The zero-order chi connectivity index (χ0) is 13.0. The topological polar surface area (TPSA) is 71.4 Å². The van der Waals surface area contributed by atoms with E-state index in [2.05, 4.69) is 0 Å². The molecule has 17 heavy (non-hydrogen) atoms. The zero-order valence-electron chi connectivity index (χ0n) is 9.67. The molecule has 5 heteroatoms. The molecule has 1 aromatic carbocycles. The minimum Gasteiger partial charge on any atom is -0.478 e. The second-order valence-corrected chi connectivity index (χ2v) is 5.54. The maximum absolute atomic E-state index is 11.7. The molecule has 1 rings (SSSR count). The zero-order valence-corrected chi connectivity index (χ0v) is 10.5. The number of ketones is 1. The van der Waals surface area contributed by atoms with Crippen LogP contribution < -0.4 is 0 Å². The highest BCUT2D eigenvalue weighted by Gasteiger charge is 2.16. The first kappa shape index (κ1) is 13.6. The Morgan fingerprint density at radius 1 is 1.29 bits per heavy atom. The molecule has 0 aromatic heterocycles. The van der Waals surface area contributed by atoms with Crippen LogP contribution in [-0.2, 0) is 21.3 Å². The van der Waals surface area contributed by atoms with Crippen molar-refractivity contribution in [2.24, 2.45) is 0 Å². The summed E-state index contributed by atoms with van der Waals surface area (Å²) in [7, 11) is -1.26. The second-order valence-electron chi connectivity index (χ2n) is 3.78. The lowest BCUT2D eigenvalue weighted by molar-refractivity contribution is -0.116. The van der Waals surface area contributed by atoms with E-state index in [1.54, 1.807) is 19.1 Å².